The van der Waals surface area contributed by atoms with Crippen LogP contribution in [0.3, 0.4) is 0 Å². The van der Waals surface area contributed by atoms with Gasteiger partial charge in [-0.05, 0) is 46.0 Å². The molecule has 0 aliphatic heterocycles. The quantitative estimate of drug-likeness (QED) is 0.891. The van der Waals surface area contributed by atoms with Crippen LogP contribution in [0.25, 0.3) is 0 Å². The van der Waals surface area contributed by atoms with E-state index in [4.69, 9.17) is 4.42 Å². The van der Waals surface area contributed by atoms with E-state index in [1.165, 1.54) is 12.8 Å². The van der Waals surface area contributed by atoms with Gasteiger partial charge in [0.15, 0.2) is 5.76 Å². The van der Waals surface area contributed by atoms with Crippen LogP contribution in [0.4, 0.5) is 0 Å². The van der Waals surface area contributed by atoms with Gasteiger partial charge in [-0.3, -0.25) is 4.79 Å². The van der Waals surface area contributed by atoms with Crippen LogP contribution in [-0.2, 0) is 0 Å². The zero-order chi connectivity index (χ0) is 13.2. The Bertz CT molecular complexity index is 417. The van der Waals surface area contributed by atoms with Crippen LogP contribution in [-0.4, -0.2) is 37.0 Å². The van der Waals surface area contributed by atoms with Crippen LogP contribution in [0.2, 0.25) is 0 Å². The van der Waals surface area contributed by atoms with Crippen molar-refractivity contribution in [2.75, 3.05) is 20.6 Å². The molecule has 0 saturated heterocycles. The lowest BCUT2D eigenvalue weighted by Gasteiger charge is -2.36. The van der Waals surface area contributed by atoms with Gasteiger partial charge in [0.2, 0.25) is 0 Å². The molecule has 0 atom stereocenters. The van der Waals surface area contributed by atoms with E-state index in [0.29, 0.717) is 12.3 Å². The molecule has 1 saturated carbocycles. The number of hydrogen-bond donors (Lipinski definition) is 1. The predicted molar refractivity (Wildman–Crippen MR) is 70.7 cm³/mol. The summed E-state index contributed by atoms with van der Waals surface area (Å²) >= 11 is 0. The van der Waals surface area contributed by atoms with Gasteiger partial charge >= 0.3 is 0 Å². The van der Waals surface area contributed by atoms with Crippen molar-refractivity contribution in [3.8, 4) is 0 Å². The SMILES string of the molecule is Cc1ccc(C(=O)NCC2(N(C)C)CCCC2)o1. The van der Waals surface area contributed by atoms with E-state index in [0.717, 1.165) is 18.6 Å². The second-order valence-electron chi connectivity index (χ2n) is 5.42. The summed E-state index contributed by atoms with van der Waals surface area (Å²) < 4.78 is 5.33. The Labute approximate surface area is 108 Å². The van der Waals surface area contributed by atoms with Gasteiger partial charge in [0.05, 0.1) is 0 Å². The largest absolute Gasteiger partial charge is 0.456 e. The summed E-state index contributed by atoms with van der Waals surface area (Å²) in [6, 6.07) is 3.54. The minimum atomic E-state index is -0.115. The van der Waals surface area contributed by atoms with Gasteiger partial charge in [-0.25, -0.2) is 0 Å². The summed E-state index contributed by atoms with van der Waals surface area (Å²) in [5, 5.41) is 3.00. The molecule has 1 N–H and O–H groups in total. The average molecular weight is 250 g/mol. The van der Waals surface area contributed by atoms with Crippen LogP contribution in [0.5, 0.6) is 0 Å². The first-order valence-electron chi connectivity index (χ1n) is 6.56. The van der Waals surface area contributed by atoms with Crippen molar-refractivity contribution in [2.24, 2.45) is 0 Å². The lowest BCUT2D eigenvalue weighted by atomic mass is 9.96. The van der Waals surface area contributed by atoms with Gasteiger partial charge in [0.1, 0.15) is 5.76 Å². The van der Waals surface area contributed by atoms with Gasteiger partial charge < -0.3 is 14.6 Å². The van der Waals surface area contributed by atoms with E-state index in [2.05, 4.69) is 24.3 Å². The van der Waals surface area contributed by atoms with Crippen molar-refractivity contribution in [1.29, 1.82) is 0 Å². The standard InChI is InChI=1S/C14H22N2O2/c1-11-6-7-12(18-11)13(17)15-10-14(16(2)3)8-4-5-9-14/h6-7H,4-5,8-10H2,1-3H3,(H,15,17). The third-order valence-corrected chi connectivity index (χ3v) is 4.03. The van der Waals surface area contributed by atoms with Crippen molar-refractivity contribution in [3.63, 3.8) is 0 Å². The predicted octanol–water partition coefficient (Wildman–Crippen LogP) is 2.19. The van der Waals surface area contributed by atoms with E-state index in [1.807, 2.05) is 13.0 Å². The fourth-order valence-corrected chi connectivity index (χ4v) is 2.70. The normalized spacial score (nSPS) is 18.2. The maximum Gasteiger partial charge on any atom is 0.287 e. The number of carbonyl (C=O) groups excluding carboxylic acids is 1. The van der Waals surface area contributed by atoms with Crippen LogP contribution in [0.15, 0.2) is 16.5 Å². The van der Waals surface area contributed by atoms with Crippen molar-refractivity contribution in [1.82, 2.24) is 10.2 Å². The first kappa shape index (κ1) is 13.1. The summed E-state index contributed by atoms with van der Waals surface area (Å²) in [5.74, 6) is 1.05. The first-order valence-corrected chi connectivity index (χ1v) is 6.56. The molecule has 0 aromatic carbocycles. The molecular formula is C14H22N2O2. The Kier molecular flexibility index (Phi) is 3.76. The topological polar surface area (TPSA) is 45.5 Å². The molecule has 1 amide bonds. The van der Waals surface area contributed by atoms with Crippen LogP contribution in [0, 0.1) is 6.92 Å². The number of amides is 1. The molecule has 100 valence electrons. The van der Waals surface area contributed by atoms with E-state index in [1.54, 1.807) is 6.07 Å². The molecule has 1 aliphatic rings. The van der Waals surface area contributed by atoms with E-state index in [9.17, 15) is 4.79 Å². The van der Waals surface area contributed by atoms with Gasteiger partial charge in [-0.1, -0.05) is 12.8 Å². The number of carbonyl (C=O) groups is 1. The second kappa shape index (κ2) is 5.14. The number of nitrogens with one attached hydrogen (secondary N) is 1. The molecule has 4 nitrogen and oxygen atoms in total. The molecule has 1 aliphatic carbocycles. The fraction of sp³-hybridized carbons (Fsp3) is 0.643. The fourth-order valence-electron chi connectivity index (χ4n) is 2.70. The molecule has 0 radical (unpaired) electrons. The molecule has 1 heterocycles. The zero-order valence-corrected chi connectivity index (χ0v) is 11.5. The van der Waals surface area contributed by atoms with Gasteiger partial charge in [0, 0.05) is 12.1 Å². The molecule has 0 bridgehead atoms. The highest BCUT2D eigenvalue weighted by atomic mass is 16.3. The Hall–Kier alpha value is -1.29. The van der Waals surface area contributed by atoms with Crippen LogP contribution >= 0.6 is 0 Å². The molecule has 1 aromatic heterocycles. The van der Waals surface area contributed by atoms with Crippen molar-refractivity contribution in [2.45, 2.75) is 38.1 Å². The molecule has 0 unspecified atom stereocenters. The Morgan fingerprint density at radius 3 is 2.56 bits per heavy atom. The summed E-state index contributed by atoms with van der Waals surface area (Å²) in [6.07, 6.45) is 4.79. The van der Waals surface area contributed by atoms with Crippen molar-refractivity contribution in [3.05, 3.63) is 23.7 Å². The number of nitrogens with zero attached hydrogens (tertiary/aromatic N) is 1. The lowest BCUT2D eigenvalue weighted by Crippen LogP contribution is -2.50. The number of likely N-dealkylation sites (N-methyl/N-ethyl adjacent to an activating group) is 1. The Morgan fingerprint density at radius 1 is 1.39 bits per heavy atom. The van der Waals surface area contributed by atoms with E-state index >= 15 is 0 Å². The maximum absolute atomic E-state index is 12.0. The number of furan rings is 1. The maximum atomic E-state index is 12.0. The number of hydrogen-bond acceptors (Lipinski definition) is 3. The van der Waals surface area contributed by atoms with Crippen LogP contribution < -0.4 is 5.32 Å². The summed E-state index contributed by atoms with van der Waals surface area (Å²) in [4.78, 5) is 14.2. The minimum absolute atomic E-state index is 0.115. The highest BCUT2D eigenvalue weighted by Crippen LogP contribution is 2.33. The summed E-state index contributed by atoms with van der Waals surface area (Å²) in [7, 11) is 4.18. The number of rotatable bonds is 4. The second-order valence-corrected chi connectivity index (χ2v) is 5.42. The third kappa shape index (κ3) is 2.58. The average Bonchev–Trinajstić information content (AvgIpc) is 2.95. The molecule has 18 heavy (non-hydrogen) atoms. The molecule has 0 spiro atoms. The van der Waals surface area contributed by atoms with Gasteiger partial charge in [-0.2, -0.15) is 0 Å². The van der Waals surface area contributed by atoms with Gasteiger partial charge in [0.25, 0.3) is 5.91 Å². The van der Waals surface area contributed by atoms with Crippen molar-refractivity contribution >= 4 is 5.91 Å². The monoisotopic (exact) mass is 250 g/mol. The Morgan fingerprint density at radius 2 is 2.06 bits per heavy atom. The summed E-state index contributed by atoms with van der Waals surface area (Å²) in [6.45, 7) is 2.54. The van der Waals surface area contributed by atoms with E-state index in [-0.39, 0.29) is 11.4 Å². The lowest BCUT2D eigenvalue weighted by molar-refractivity contribution is 0.0872. The van der Waals surface area contributed by atoms with Crippen LogP contribution in [0.1, 0.15) is 42.0 Å². The van der Waals surface area contributed by atoms with E-state index < -0.39 is 0 Å². The third-order valence-electron chi connectivity index (χ3n) is 4.03. The summed E-state index contributed by atoms with van der Waals surface area (Å²) in [5.41, 5.74) is 0.122. The molecule has 2 rings (SSSR count). The smallest absolute Gasteiger partial charge is 0.287 e. The Balaban J connectivity index is 1.96. The molecule has 1 aromatic rings. The van der Waals surface area contributed by atoms with Gasteiger partial charge in [-0.15, -0.1) is 0 Å². The molecule has 4 heteroatoms. The van der Waals surface area contributed by atoms with Crippen molar-refractivity contribution < 1.29 is 9.21 Å². The number of aryl methyl sites for hydroxylation is 1. The molecule has 1 fully saturated rings. The highest BCUT2D eigenvalue weighted by molar-refractivity contribution is 5.91. The molecular weight excluding hydrogens is 228 g/mol. The first-order chi connectivity index (χ1) is 8.53. The highest BCUT2D eigenvalue weighted by Gasteiger charge is 2.36. The minimum Gasteiger partial charge on any atom is -0.456 e. The zero-order valence-electron chi connectivity index (χ0n) is 11.5.